The number of carbonyl (C=O) groups excluding carboxylic acids is 1. The number of hydrogen-bond donors (Lipinski definition) is 1. The molecule has 0 aliphatic heterocycles. The third-order valence-electron chi connectivity index (χ3n) is 2.09. The molecule has 0 radical (unpaired) electrons. The Labute approximate surface area is 122 Å². The first-order chi connectivity index (χ1) is 9.78. The van der Waals surface area contributed by atoms with Gasteiger partial charge in [-0.15, -0.1) is 0 Å². The number of nitro groups is 1. The molecular weight excluding hydrogens is 274 g/mol. The summed E-state index contributed by atoms with van der Waals surface area (Å²) in [6.07, 6.45) is 1.22. The van der Waals surface area contributed by atoms with Crippen LogP contribution in [0.15, 0.2) is 18.3 Å². The fourth-order valence-corrected chi connectivity index (χ4v) is 1.30. The van der Waals surface area contributed by atoms with Crippen LogP contribution in [0.5, 0.6) is 0 Å². The number of hydrogen-bond acceptors (Lipinski definition) is 5. The Morgan fingerprint density at radius 1 is 1.52 bits per heavy atom. The quantitative estimate of drug-likeness (QED) is 0.399. The van der Waals surface area contributed by atoms with Gasteiger partial charge < -0.3 is 10.1 Å². The number of alkyl carbamates (subject to hydrolysis) is 1. The van der Waals surface area contributed by atoms with E-state index in [-0.39, 0.29) is 5.69 Å². The molecule has 1 rings (SSSR count). The van der Waals surface area contributed by atoms with Crippen LogP contribution < -0.4 is 5.32 Å². The highest BCUT2D eigenvalue weighted by atomic mass is 16.6. The highest BCUT2D eigenvalue weighted by molar-refractivity contribution is 5.67. The van der Waals surface area contributed by atoms with Gasteiger partial charge in [0.25, 0.3) is 5.69 Å². The van der Waals surface area contributed by atoms with Crippen molar-refractivity contribution in [3.05, 3.63) is 34.1 Å². The maximum absolute atomic E-state index is 11.3. The molecule has 21 heavy (non-hydrogen) atoms. The topological polar surface area (TPSA) is 94.4 Å². The van der Waals surface area contributed by atoms with Crippen LogP contribution in [0, 0.1) is 22.0 Å². The van der Waals surface area contributed by atoms with Crippen LogP contribution in [0.1, 0.15) is 32.9 Å². The van der Waals surface area contributed by atoms with E-state index in [1.165, 1.54) is 18.3 Å². The second-order valence-corrected chi connectivity index (χ2v) is 5.14. The third-order valence-corrected chi connectivity index (χ3v) is 2.09. The van der Waals surface area contributed by atoms with Crippen molar-refractivity contribution in [2.45, 2.75) is 32.8 Å². The molecule has 1 aromatic rings. The molecule has 1 amide bonds. The first kappa shape index (κ1) is 16.4. The minimum absolute atomic E-state index is 0.0545. The van der Waals surface area contributed by atoms with Gasteiger partial charge in [0.05, 0.1) is 11.0 Å². The Morgan fingerprint density at radius 3 is 2.86 bits per heavy atom. The van der Waals surface area contributed by atoms with Crippen LogP contribution in [0.2, 0.25) is 0 Å². The van der Waals surface area contributed by atoms with Gasteiger partial charge in [0.2, 0.25) is 0 Å². The molecule has 0 unspecified atom stereocenters. The van der Waals surface area contributed by atoms with Crippen molar-refractivity contribution in [2.24, 2.45) is 0 Å². The molecule has 0 fully saturated rings. The summed E-state index contributed by atoms with van der Waals surface area (Å²) in [6.45, 7) is 5.66. The first-order valence-electron chi connectivity index (χ1n) is 6.34. The summed E-state index contributed by atoms with van der Waals surface area (Å²) in [5.41, 5.74) is -0.273. The van der Waals surface area contributed by atoms with Crippen molar-refractivity contribution in [2.75, 3.05) is 6.54 Å². The predicted octanol–water partition coefficient (Wildman–Crippen LogP) is 2.26. The van der Waals surface area contributed by atoms with Crippen LogP contribution in [-0.4, -0.2) is 28.1 Å². The lowest BCUT2D eigenvalue weighted by atomic mass is 10.2. The molecule has 1 heterocycles. The van der Waals surface area contributed by atoms with E-state index < -0.39 is 16.6 Å². The van der Waals surface area contributed by atoms with Gasteiger partial charge in [-0.25, -0.2) is 9.78 Å². The van der Waals surface area contributed by atoms with Gasteiger partial charge in [-0.2, -0.15) is 0 Å². The normalized spacial score (nSPS) is 10.2. The molecule has 7 nitrogen and oxygen atoms in total. The minimum atomic E-state index is -0.539. The van der Waals surface area contributed by atoms with Gasteiger partial charge in [-0.3, -0.25) is 10.1 Å². The van der Waals surface area contributed by atoms with E-state index in [4.69, 9.17) is 4.74 Å². The van der Waals surface area contributed by atoms with Gasteiger partial charge in [0, 0.05) is 25.2 Å². The first-order valence-corrected chi connectivity index (χ1v) is 6.34. The zero-order valence-corrected chi connectivity index (χ0v) is 12.2. The lowest BCUT2D eigenvalue weighted by Gasteiger charge is -2.19. The summed E-state index contributed by atoms with van der Waals surface area (Å²) < 4.78 is 5.06. The second kappa shape index (κ2) is 7.24. The molecule has 0 aliphatic carbocycles. The Balaban J connectivity index is 2.42. The molecule has 112 valence electrons. The summed E-state index contributed by atoms with van der Waals surface area (Å²) in [4.78, 5) is 25.3. The van der Waals surface area contributed by atoms with Crippen LogP contribution in [-0.2, 0) is 4.74 Å². The van der Waals surface area contributed by atoms with Crippen molar-refractivity contribution in [3.8, 4) is 11.8 Å². The van der Waals surface area contributed by atoms with Gasteiger partial charge in [-0.05, 0) is 26.7 Å². The fraction of sp³-hybridized carbons (Fsp3) is 0.429. The molecule has 0 saturated carbocycles. The molecular formula is C14H17N3O4. The molecule has 7 heteroatoms. The van der Waals surface area contributed by atoms with Crippen molar-refractivity contribution >= 4 is 11.8 Å². The molecule has 0 bridgehead atoms. The lowest BCUT2D eigenvalue weighted by molar-refractivity contribution is -0.385. The van der Waals surface area contributed by atoms with Crippen LogP contribution >= 0.6 is 0 Å². The van der Waals surface area contributed by atoms with E-state index in [1.807, 2.05) is 0 Å². The van der Waals surface area contributed by atoms with E-state index in [2.05, 4.69) is 22.1 Å². The molecule has 0 aliphatic rings. The van der Waals surface area contributed by atoms with Crippen molar-refractivity contribution in [3.63, 3.8) is 0 Å². The van der Waals surface area contributed by atoms with Crippen molar-refractivity contribution < 1.29 is 14.5 Å². The predicted molar refractivity (Wildman–Crippen MR) is 76.6 cm³/mol. The van der Waals surface area contributed by atoms with E-state index >= 15 is 0 Å². The fourth-order valence-electron chi connectivity index (χ4n) is 1.30. The number of amides is 1. The smallest absolute Gasteiger partial charge is 0.407 e. The standard InChI is InChI=1S/C14H17N3O4/c1-14(2,3)21-13(18)16-8-5-4-6-11-10-12(17(19)20)7-9-15-11/h7,9-10H,5,8H2,1-3H3,(H,16,18). The maximum Gasteiger partial charge on any atom is 0.407 e. The summed E-state index contributed by atoms with van der Waals surface area (Å²) in [5.74, 6) is 5.48. The number of rotatable bonds is 3. The number of carbonyl (C=O) groups is 1. The SMILES string of the molecule is CC(C)(C)OC(=O)NCCC#Cc1cc([N+](=O)[O-])ccn1. The summed E-state index contributed by atoms with van der Waals surface area (Å²) in [7, 11) is 0. The van der Waals surface area contributed by atoms with Crippen molar-refractivity contribution in [1.82, 2.24) is 10.3 Å². The van der Waals surface area contributed by atoms with Gasteiger partial charge in [0.1, 0.15) is 11.3 Å². The Morgan fingerprint density at radius 2 is 2.24 bits per heavy atom. The second-order valence-electron chi connectivity index (χ2n) is 5.14. The summed E-state index contributed by atoms with van der Waals surface area (Å²) >= 11 is 0. The maximum atomic E-state index is 11.3. The molecule has 0 atom stereocenters. The number of nitrogens with zero attached hydrogens (tertiary/aromatic N) is 2. The molecule has 1 aromatic heterocycles. The van der Waals surface area contributed by atoms with Crippen LogP contribution in [0.25, 0.3) is 0 Å². The summed E-state index contributed by atoms with van der Waals surface area (Å²) in [6, 6.07) is 2.60. The van der Waals surface area contributed by atoms with Crippen molar-refractivity contribution in [1.29, 1.82) is 0 Å². The lowest BCUT2D eigenvalue weighted by Crippen LogP contribution is -2.32. The average molecular weight is 291 g/mol. The number of pyridine rings is 1. The molecule has 0 saturated heterocycles. The Bertz CT molecular complexity index is 582. The molecule has 0 aromatic carbocycles. The summed E-state index contributed by atoms with van der Waals surface area (Å²) in [5, 5.41) is 13.1. The van der Waals surface area contributed by atoms with E-state index in [0.717, 1.165) is 0 Å². The minimum Gasteiger partial charge on any atom is -0.444 e. The zero-order valence-electron chi connectivity index (χ0n) is 12.2. The Kier molecular flexibility index (Phi) is 5.67. The highest BCUT2D eigenvalue weighted by Crippen LogP contribution is 2.09. The number of aromatic nitrogens is 1. The van der Waals surface area contributed by atoms with Gasteiger partial charge in [0.15, 0.2) is 0 Å². The molecule has 0 spiro atoms. The number of ether oxygens (including phenoxy) is 1. The number of nitrogens with one attached hydrogen (secondary N) is 1. The average Bonchev–Trinajstić information content (AvgIpc) is 2.36. The largest absolute Gasteiger partial charge is 0.444 e. The van der Waals surface area contributed by atoms with E-state index in [9.17, 15) is 14.9 Å². The van der Waals surface area contributed by atoms with Crippen LogP contribution in [0.4, 0.5) is 10.5 Å². The van der Waals surface area contributed by atoms with Crippen LogP contribution in [0.3, 0.4) is 0 Å². The van der Waals surface area contributed by atoms with Gasteiger partial charge in [-0.1, -0.05) is 5.92 Å². The monoisotopic (exact) mass is 291 g/mol. The van der Waals surface area contributed by atoms with E-state index in [0.29, 0.717) is 18.7 Å². The van der Waals surface area contributed by atoms with Gasteiger partial charge >= 0.3 is 6.09 Å². The highest BCUT2D eigenvalue weighted by Gasteiger charge is 2.15. The zero-order chi connectivity index (χ0) is 15.9. The molecule has 1 N–H and O–H groups in total. The van der Waals surface area contributed by atoms with E-state index in [1.54, 1.807) is 20.8 Å². The Hall–Kier alpha value is -2.62. The third kappa shape index (κ3) is 6.92.